The summed E-state index contributed by atoms with van der Waals surface area (Å²) in [7, 11) is 0. The van der Waals surface area contributed by atoms with Crippen molar-refractivity contribution in [2.24, 2.45) is 0 Å². The number of hydrogen-bond donors (Lipinski definition) is 1. The Labute approximate surface area is 132 Å². The van der Waals surface area contributed by atoms with E-state index in [2.05, 4.69) is 4.98 Å². The van der Waals surface area contributed by atoms with Crippen LogP contribution in [-0.4, -0.2) is 27.6 Å². The molecule has 1 aromatic carbocycles. The zero-order chi connectivity index (χ0) is 16.0. The van der Waals surface area contributed by atoms with Gasteiger partial charge in [0.1, 0.15) is 17.4 Å². The minimum atomic E-state index is -0.569. The SMILES string of the molecule is O[C@H]1C[C@@H](c2cc(F)ccc2F)N(Cc2ncc(C3CC3)o2)C1. The average Bonchev–Trinajstić information content (AvgIpc) is 3.16. The standard InChI is InChI=1S/C17H18F2N2O2/c18-11-3-4-14(19)13(5-11)15-6-12(22)8-21(15)9-17-20-7-16(23-17)10-1-2-10/h3-5,7,10,12,15,22H,1-2,6,8-9H2/t12-,15-/m0/s1. The second kappa shape index (κ2) is 5.69. The summed E-state index contributed by atoms with van der Waals surface area (Å²) in [6.07, 6.45) is 3.82. The monoisotopic (exact) mass is 320 g/mol. The number of oxazole rings is 1. The number of aliphatic hydroxyl groups is 1. The van der Waals surface area contributed by atoms with E-state index in [0.717, 1.165) is 30.7 Å². The van der Waals surface area contributed by atoms with E-state index in [9.17, 15) is 13.9 Å². The number of β-amino-alcohol motifs (C(OH)–C–C–N with tert-alkyl or cyclic N) is 1. The molecule has 0 unspecified atom stereocenters. The smallest absolute Gasteiger partial charge is 0.208 e. The van der Waals surface area contributed by atoms with Crippen LogP contribution in [0.15, 0.2) is 28.8 Å². The third kappa shape index (κ3) is 3.01. The molecule has 4 nitrogen and oxygen atoms in total. The predicted molar refractivity (Wildman–Crippen MR) is 78.6 cm³/mol. The number of aromatic nitrogens is 1. The summed E-state index contributed by atoms with van der Waals surface area (Å²) in [6, 6.07) is 3.06. The van der Waals surface area contributed by atoms with Crippen molar-refractivity contribution in [1.82, 2.24) is 9.88 Å². The first-order valence-corrected chi connectivity index (χ1v) is 7.92. The third-order valence-corrected chi connectivity index (χ3v) is 4.59. The molecule has 0 amide bonds. The highest BCUT2D eigenvalue weighted by Crippen LogP contribution is 2.41. The van der Waals surface area contributed by atoms with E-state index < -0.39 is 17.7 Å². The van der Waals surface area contributed by atoms with Gasteiger partial charge in [0, 0.05) is 24.1 Å². The summed E-state index contributed by atoms with van der Waals surface area (Å²) >= 11 is 0. The molecule has 2 fully saturated rings. The second-order valence-electron chi connectivity index (χ2n) is 6.43. The van der Waals surface area contributed by atoms with Crippen molar-refractivity contribution >= 4 is 0 Å². The van der Waals surface area contributed by atoms with Crippen LogP contribution < -0.4 is 0 Å². The molecule has 0 spiro atoms. The zero-order valence-electron chi connectivity index (χ0n) is 12.6. The van der Waals surface area contributed by atoms with Crippen LogP contribution in [-0.2, 0) is 6.54 Å². The molecule has 6 heteroatoms. The van der Waals surface area contributed by atoms with Crippen LogP contribution >= 0.6 is 0 Å². The third-order valence-electron chi connectivity index (χ3n) is 4.59. The summed E-state index contributed by atoms with van der Waals surface area (Å²) in [4.78, 5) is 6.17. The molecule has 2 heterocycles. The maximum absolute atomic E-state index is 14.1. The molecule has 1 saturated heterocycles. The van der Waals surface area contributed by atoms with Crippen LogP contribution in [0.25, 0.3) is 0 Å². The molecule has 0 radical (unpaired) electrons. The molecular weight excluding hydrogens is 302 g/mol. The molecule has 23 heavy (non-hydrogen) atoms. The van der Waals surface area contributed by atoms with Crippen LogP contribution in [0.4, 0.5) is 8.78 Å². The normalized spacial score (nSPS) is 25.2. The molecule has 122 valence electrons. The van der Waals surface area contributed by atoms with Crippen molar-refractivity contribution < 1.29 is 18.3 Å². The topological polar surface area (TPSA) is 49.5 Å². The number of benzene rings is 1. The van der Waals surface area contributed by atoms with Gasteiger partial charge in [0.25, 0.3) is 0 Å². The fourth-order valence-corrected chi connectivity index (χ4v) is 3.28. The summed E-state index contributed by atoms with van der Waals surface area (Å²) in [5.74, 6) is 1.00. The van der Waals surface area contributed by atoms with Crippen molar-refractivity contribution in [2.75, 3.05) is 6.54 Å². The molecule has 2 aliphatic rings. The molecule has 4 rings (SSSR count). The molecule has 1 saturated carbocycles. The van der Waals surface area contributed by atoms with Gasteiger partial charge in [0.15, 0.2) is 0 Å². The molecule has 1 N–H and O–H groups in total. The van der Waals surface area contributed by atoms with Crippen LogP contribution in [0.2, 0.25) is 0 Å². The maximum atomic E-state index is 14.1. The Morgan fingerprint density at radius 1 is 1.30 bits per heavy atom. The minimum absolute atomic E-state index is 0.274. The zero-order valence-corrected chi connectivity index (χ0v) is 12.6. The van der Waals surface area contributed by atoms with Crippen LogP contribution in [0.3, 0.4) is 0 Å². The van der Waals surface area contributed by atoms with Gasteiger partial charge in [0.2, 0.25) is 5.89 Å². The van der Waals surface area contributed by atoms with Crippen LogP contribution in [0.1, 0.15) is 48.4 Å². The van der Waals surface area contributed by atoms with E-state index in [1.54, 1.807) is 6.20 Å². The molecule has 0 bridgehead atoms. The first kappa shape index (κ1) is 14.8. The second-order valence-corrected chi connectivity index (χ2v) is 6.43. The van der Waals surface area contributed by atoms with E-state index >= 15 is 0 Å². The van der Waals surface area contributed by atoms with Crippen LogP contribution in [0, 0.1) is 11.6 Å². The Hall–Kier alpha value is -1.79. The number of aliphatic hydroxyl groups excluding tert-OH is 1. The van der Waals surface area contributed by atoms with Gasteiger partial charge in [-0.05, 0) is 37.5 Å². The fourth-order valence-electron chi connectivity index (χ4n) is 3.28. The van der Waals surface area contributed by atoms with Crippen molar-refractivity contribution in [3.63, 3.8) is 0 Å². The largest absolute Gasteiger partial charge is 0.444 e. The first-order valence-electron chi connectivity index (χ1n) is 7.92. The van der Waals surface area contributed by atoms with Gasteiger partial charge < -0.3 is 9.52 Å². The summed E-state index contributed by atoms with van der Waals surface area (Å²) < 4.78 is 33.3. The van der Waals surface area contributed by atoms with E-state index in [4.69, 9.17) is 4.42 Å². The molecular formula is C17H18F2N2O2. The Bertz CT molecular complexity index is 714. The van der Waals surface area contributed by atoms with Gasteiger partial charge >= 0.3 is 0 Å². The quantitative estimate of drug-likeness (QED) is 0.940. The Balaban J connectivity index is 1.56. The van der Waals surface area contributed by atoms with E-state index in [-0.39, 0.29) is 11.6 Å². The Kier molecular flexibility index (Phi) is 3.66. The number of rotatable bonds is 4. The van der Waals surface area contributed by atoms with Crippen molar-refractivity contribution in [2.45, 2.75) is 43.9 Å². The maximum Gasteiger partial charge on any atom is 0.208 e. The Morgan fingerprint density at radius 2 is 2.13 bits per heavy atom. The number of likely N-dealkylation sites (tertiary alicyclic amines) is 1. The Morgan fingerprint density at radius 3 is 2.91 bits per heavy atom. The van der Waals surface area contributed by atoms with Crippen LogP contribution in [0.5, 0.6) is 0 Å². The van der Waals surface area contributed by atoms with Gasteiger partial charge in [-0.3, -0.25) is 4.90 Å². The van der Waals surface area contributed by atoms with Gasteiger partial charge in [-0.1, -0.05) is 0 Å². The van der Waals surface area contributed by atoms with Crippen molar-refractivity contribution in [3.05, 3.63) is 53.2 Å². The van der Waals surface area contributed by atoms with Crippen molar-refractivity contribution in [1.29, 1.82) is 0 Å². The highest BCUT2D eigenvalue weighted by molar-refractivity contribution is 5.24. The van der Waals surface area contributed by atoms with Crippen molar-refractivity contribution in [3.8, 4) is 0 Å². The van der Waals surface area contributed by atoms with Gasteiger partial charge in [-0.25, -0.2) is 13.8 Å². The predicted octanol–water partition coefficient (Wildman–Crippen LogP) is 3.14. The van der Waals surface area contributed by atoms with Gasteiger partial charge in [-0.15, -0.1) is 0 Å². The summed E-state index contributed by atoms with van der Waals surface area (Å²) in [5, 5.41) is 9.96. The van der Waals surface area contributed by atoms with Gasteiger partial charge in [-0.2, -0.15) is 0 Å². The van der Waals surface area contributed by atoms with E-state index in [1.807, 2.05) is 4.90 Å². The molecule has 1 aromatic heterocycles. The van der Waals surface area contributed by atoms with Gasteiger partial charge in [0.05, 0.1) is 18.8 Å². The number of nitrogens with zero attached hydrogens (tertiary/aromatic N) is 2. The molecule has 2 aromatic rings. The molecule has 1 aliphatic heterocycles. The number of halogens is 2. The first-order chi connectivity index (χ1) is 11.1. The number of hydrogen-bond acceptors (Lipinski definition) is 4. The summed E-state index contributed by atoms with van der Waals surface area (Å²) in [6.45, 7) is 0.770. The lowest BCUT2D eigenvalue weighted by molar-refractivity contribution is 0.166. The minimum Gasteiger partial charge on any atom is -0.444 e. The van der Waals surface area contributed by atoms with E-state index in [1.165, 1.54) is 6.07 Å². The lowest BCUT2D eigenvalue weighted by atomic mass is 10.0. The average molecular weight is 320 g/mol. The lowest BCUT2D eigenvalue weighted by Gasteiger charge is -2.23. The highest BCUT2D eigenvalue weighted by atomic mass is 19.1. The fraction of sp³-hybridized carbons (Fsp3) is 0.471. The van der Waals surface area contributed by atoms with E-state index in [0.29, 0.717) is 31.3 Å². The lowest BCUT2D eigenvalue weighted by Crippen LogP contribution is -2.25. The summed E-state index contributed by atoms with van der Waals surface area (Å²) in [5.41, 5.74) is 0.274. The molecule has 1 aliphatic carbocycles. The highest BCUT2D eigenvalue weighted by Gasteiger charge is 2.35. The molecule has 2 atom stereocenters.